The lowest BCUT2D eigenvalue weighted by Gasteiger charge is -2.30. The third-order valence-electron chi connectivity index (χ3n) is 4.94. The van der Waals surface area contributed by atoms with E-state index in [0.717, 1.165) is 48.3 Å². The number of piperazine rings is 1. The fourth-order valence-electron chi connectivity index (χ4n) is 3.51. The summed E-state index contributed by atoms with van der Waals surface area (Å²) in [7, 11) is 0. The highest BCUT2D eigenvalue weighted by Crippen LogP contribution is 2.28. The van der Waals surface area contributed by atoms with Gasteiger partial charge >= 0.3 is 11.8 Å². The summed E-state index contributed by atoms with van der Waals surface area (Å²) < 4.78 is 5.66. The van der Waals surface area contributed by atoms with Crippen molar-refractivity contribution in [2.45, 2.75) is 0 Å². The maximum absolute atomic E-state index is 12.7. The maximum atomic E-state index is 12.7. The van der Waals surface area contributed by atoms with Gasteiger partial charge in [0.25, 0.3) is 5.89 Å². The topological polar surface area (TPSA) is 112 Å². The Morgan fingerprint density at radius 3 is 2.90 bits per heavy atom. The van der Waals surface area contributed by atoms with E-state index in [-0.39, 0.29) is 5.89 Å². The van der Waals surface area contributed by atoms with Crippen LogP contribution in [-0.2, 0) is 0 Å². The predicted octanol–water partition coefficient (Wildman–Crippen LogP) is 2.27. The number of anilines is 2. The van der Waals surface area contributed by atoms with Crippen molar-refractivity contribution < 1.29 is 9.21 Å². The molecule has 9 nitrogen and oxygen atoms in total. The number of hydrogen-bond acceptors (Lipinski definition) is 7. The number of hydrogen-bond donors (Lipinski definition) is 3. The lowest BCUT2D eigenvalue weighted by atomic mass is 10.2. The van der Waals surface area contributed by atoms with Crippen LogP contribution in [0.1, 0.15) is 10.7 Å². The summed E-state index contributed by atoms with van der Waals surface area (Å²) in [4.78, 5) is 22.2. The summed E-state index contributed by atoms with van der Waals surface area (Å²) >= 11 is 0. The zero-order valence-corrected chi connectivity index (χ0v) is 15.6. The van der Waals surface area contributed by atoms with Crippen LogP contribution < -0.4 is 15.5 Å². The van der Waals surface area contributed by atoms with E-state index in [1.165, 1.54) is 0 Å². The molecule has 1 aliphatic heterocycles. The Balaban J connectivity index is 1.39. The van der Waals surface area contributed by atoms with Gasteiger partial charge in [0.15, 0.2) is 0 Å². The molecule has 0 spiro atoms. The van der Waals surface area contributed by atoms with Crippen molar-refractivity contribution in [3.63, 3.8) is 0 Å². The number of aromatic amines is 1. The zero-order valence-electron chi connectivity index (χ0n) is 15.6. The molecular formula is C20H19N7O2. The number of nitrogens with one attached hydrogen (secondary N) is 3. The SMILES string of the molecule is O=C(Nc1cnccc1N1CCNCC1)c1nnc(-c2c[nH]c3ccccc23)o1. The van der Waals surface area contributed by atoms with Gasteiger partial charge < -0.3 is 24.9 Å². The Hall–Kier alpha value is -3.72. The van der Waals surface area contributed by atoms with Crippen LogP contribution in [-0.4, -0.2) is 52.3 Å². The molecule has 0 radical (unpaired) electrons. The molecule has 5 rings (SSSR count). The Morgan fingerprint density at radius 1 is 1.14 bits per heavy atom. The van der Waals surface area contributed by atoms with Crippen molar-refractivity contribution in [1.82, 2.24) is 25.5 Å². The highest BCUT2D eigenvalue weighted by molar-refractivity contribution is 6.03. The molecule has 3 N–H and O–H groups in total. The van der Waals surface area contributed by atoms with Crippen molar-refractivity contribution in [3.05, 3.63) is 54.8 Å². The highest BCUT2D eigenvalue weighted by atomic mass is 16.4. The van der Waals surface area contributed by atoms with Gasteiger partial charge in [-0.05, 0) is 12.1 Å². The number of pyridine rings is 1. The third-order valence-corrected chi connectivity index (χ3v) is 4.94. The number of carbonyl (C=O) groups is 1. The fraction of sp³-hybridized carbons (Fsp3) is 0.200. The quantitative estimate of drug-likeness (QED) is 0.491. The summed E-state index contributed by atoms with van der Waals surface area (Å²) in [5.74, 6) is -0.269. The molecule has 0 unspecified atom stereocenters. The molecule has 0 atom stereocenters. The van der Waals surface area contributed by atoms with Crippen LogP contribution in [0, 0.1) is 0 Å². The molecular weight excluding hydrogens is 370 g/mol. The molecule has 4 aromatic rings. The first-order valence-corrected chi connectivity index (χ1v) is 9.40. The second kappa shape index (κ2) is 7.36. The third kappa shape index (κ3) is 3.32. The van der Waals surface area contributed by atoms with Crippen molar-refractivity contribution in [2.75, 3.05) is 36.4 Å². The minimum Gasteiger partial charge on any atom is -0.412 e. The van der Waals surface area contributed by atoms with Gasteiger partial charge in [0.2, 0.25) is 0 Å². The lowest BCUT2D eigenvalue weighted by Crippen LogP contribution is -2.43. The Morgan fingerprint density at radius 2 is 2.00 bits per heavy atom. The van der Waals surface area contributed by atoms with Crippen LogP contribution in [0.5, 0.6) is 0 Å². The Labute approximate surface area is 166 Å². The average Bonchev–Trinajstić information content (AvgIpc) is 3.42. The molecule has 4 heterocycles. The van der Waals surface area contributed by atoms with Gasteiger partial charge in [-0.1, -0.05) is 18.2 Å². The second-order valence-corrected chi connectivity index (χ2v) is 6.74. The summed E-state index contributed by atoms with van der Waals surface area (Å²) in [6.07, 6.45) is 5.14. The van der Waals surface area contributed by atoms with Gasteiger partial charge in [0.05, 0.1) is 23.1 Å². The second-order valence-electron chi connectivity index (χ2n) is 6.74. The van der Waals surface area contributed by atoms with E-state index in [1.807, 2.05) is 30.3 Å². The molecule has 1 aromatic carbocycles. The summed E-state index contributed by atoms with van der Waals surface area (Å²) in [5.41, 5.74) is 3.26. The minimum absolute atomic E-state index is 0.0969. The number of fused-ring (bicyclic) bond motifs is 1. The van der Waals surface area contributed by atoms with Crippen LogP contribution in [0.2, 0.25) is 0 Å². The van der Waals surface area contributed by atoms with Gasteiger partial charge in [0.1, 0.15) is 0 Å². The van der Waals surface area contributed by atoms with E-state index in [4.69, 9.17) is 4.42 Å². The number of para-hydroxylation sites is 1. The number of H-pyrrole nitrogens is 1. The summed E-state index contributed by atoms with van der Waals surface area (Å²) in [6, 6.07) is 9.69. The minimum atomic E-state index is -0.465. The number of benzene rings is 1. The molecule has 0 aliphatic carbocycles. The average molecular weight is 389 g/mol. The standard InChI is InChI=1S/C20H19N7O2/c28-18(24-16-12-22-6-5-17(16)27-9-7-21-8-10-27)20-26-25-19(29-20)14-11-23-15-4-2-1-3-13(14)15/h1-6,11-12,21,23H,7-10H2,(H,24,28). The number of rotatable bonds is 4. The van der Waals surface area contributed by atoms with E-state index in [0.29, 0.717) is 11.6 Å². The smallest absolute Gasteiger partial charge is 0.313 e. The van der Waals surface area contributed by atoms with Gasteiger partial charge in [-0.25, -0.2) is 0 Å². The van der Waals surface area contributed by atoms with E-state index in [2.05, 4.69) is 35.7 Å². The fourth-order valence-corrected chi connectivity index (χ4v) is 3.51. The molecule has 0 bridgehead atoms. The number of carbonyl (C=O) groups excluding carboxylic acids is 1. The van der Waals surface area contributed by atoms with Crippen LogP contribution in [0.15, 0.2) is 53.3 Å². The molecule has 1 saturated heterocycles. The Bertz CT molecular complexity index is 1160. The monoisotopic (exact) mass is 389 g/mol. The first-order chi connectivity index (χ1) is 14.3. The van der Waals surface area contributed by atoms with Crippen molar-refractivity contribution in [1.29, 1.82) is 0 Å². The van der Waals surface area contributed by atoms with Gasteiger partial charge in [-0.2, -0.15) is 0 Å². The van der Waals surface area contributed by atoms with Gasteiger partial charge in [0, 0.05) is 49.5 Å². The number of aromatic nitrogens is 4. The van der Waals surface area contributed by atoms with Gasteiger partial charge in [-0.15, -0.1) is 10.2 Å². The Kier molecular flexibility index (Phi) is 4.41. The van der Waals surface area contributed by atoms with Crippen LogP contribution in [0.3, 0.4) is 0 Å². The highest BCUT2D eigenvalue weighted by Gasteiger charge is 2.21. The molecule has 1 amide bonds. The zero-order chi connectivity index (χ0) is 19.6. The number of nitrogens with zero attached hydrogens (tertiary/aromatic N) is 4. The molecule has 0 saturated carbocycles. The number of amides is 1. The predicted molar refractivity (Wildman–Crippen MR) is 109 cm³/mol. The molecule has 1 fully saturated rings. The van der Waals surface area contributed by atoms with Crippen molar-refractivity contribution in [3.8, 4) is 11.5 Å². The van der Waals surface area contributed by atoms with Gasteiger partial charge in [-0.3, -0.25) is 9.78 Å². The van der Waals surface area contributed by atoms with E-state index >= 15 is 0 Å². The van der Waals surface area contributed by atoms with Crippen LogP contribution in [0.4, 0.5) is 11.4 Å². The van der Waals surface area contributed by atoms with E-state index in [1.54, 1.807) is 18.6 Å². The summed E-state index contributed by atoms with van der Waals surface area (Å²) in [6.45, 7) is 3.51. The normalized spacial score (nSPS) is 14.3. The maximum Gasteiger partial charge on any atom is 0.313 e. The largest absolute Gasteiger partial charge is 0.412 e. The van der Waals surface area contributed by atoms with E-state index in [9.17, 15) is 4.79 Å². The van der Waals surface area contributed by atoms with Crippen molar-refractivity contribution in [2.24, 2.45) is 0 Å². The molecule has 1 aliphatic rings. The molecule has 9 heteroatoms. The lowest BCUT2D eigenvalue weighted by molar-refractivity contribution is 0.0991. The van der Waals surface area contributed by atoms with Crippen LogP contribution in [0.25, 0.3) is 22.4 Å². The molecule has 3 aromatic heterocycles. The first-order valence-electron chi connectivity index (χ1n) is 9.40. The first kappa shape index (κ1) is 17.4. The van der Waals surface area contributed by atoms with Crippen LogP contribution >= 0.6 is 0 Å². The summed E-state index contributed by atoms with van der Waals surface area (Å²) in [5, 5.41) is 15.1. The van der Waals surface area contributed by atoms with E-state index < -0.39 is 5.91 Å². The van der Waals surface area contributed by atoms with Crippen molar-refractivity contribution >= 4 is 28.2 Å². The molecule has 146 valence electrons. The molecule has 29 heavy (non-hydrogen) atoms.